The van der Waals surface area contributed by atoms with Crippen LogP contribution in [0.5, 0.6) is 0 Å². The van der Waals surface area contributed by atoms with Gasteiger partial charge in [0.05, 0.1) is 38.1 Å². The first kappa shape index (κ1) is 76.9. The normalized spacial score (nSPS) is 12.8. The smallest absolute Gasteiger partial charge is 0.238 e. The molecule has 24 N–H and O–H groups in total. The topological polar surface area (TPSA) is 377 Å². The molecule has 3 unspecified atom stereocenters. The summed E-state index contributed by atoms with van der Waals surface area (Å²) in [5.74, 6) is 0.201. The van der Waals surface area contributed by atoms with E-state index in [9.17, 15) is 14.4 Å². The molecule has 0 bridgehead atoms. The van der Waals surface area contributed by atoms with Gasteiger partial charge in [0.1, 0.15) is 0 Å². The highest BCUT2D eigenvalue weighted by Crippen LogP contribution is 2.12. The molecule has 0 aromatic heterocycles. The second-order valence-electron chi connectivity index (χ2n) is 20.0. The van der Waals surface area contributed by atoms with Crippen molar-refractivity contribution in [3.8, 4) is 0 Å². The molecule has 0 radical (unpaired) electrons. The average molecular weight is 1080 g/mol. The summed E-state index contributed by atoms with van der Waals surface area (Å²) in [5, 5.41) is 18.9. The Hall–Kier alpha value is -2.31. The van der Waals surface area contributed by atoms with Crippen LogP contribution in [0.25, 0.3) is 0 Å². The molecule has 75 heavy (non-hydrogen) atoms. The van der Waals surface area contributed by atoms with E-state index in [1.165, 1.54) is 0 Å². The van der Waals surface area contributed by atoms with Crippen LogP contribution in [0.2, 0.25) is 0 Å². The Labute approximate surface area is 457 Å². The molecular weight excluding hydrogens is 955 g/mol. The summed E-state index contributed by atoms with van der Waals surface area (Å²) in [7, 11) is 11.6. The number of carbonyl (C=O) groups is 3. The van der Waals surface area contributed by atoms with Gasteiger partial charge in [0.25, 0.3) is 0 Å². The van der Waals surface area contributed by atoms with Crippen LogP contribution in [0, 0.1) is 0 Å². The lowest BCUT2D eigenvalue weighted by Gasteiger charge is -2.32. The van der Waals surface area contributed by atoms with E-state index in [1.54, 1.807) is 0 Å². The van der Waals surface area contributed by atoms with E-state index < -0.39 is 0 Å². The molecule has 0 heterocycles. The second-order valence-corrected chi connectivity index (χ2v) is 20.0. The van der Waals surface area contributed by atoms with Crippen LogP contribution in [0.15, 0.2) is 0 Å². The van der Waals surface area contributed by atoms with Gasteiger partial charge in [-0.15, -0.1) is 0 Å². The molecule has 24 heteroatoms. The summed E-state index contributed by atoms with van der Waals surface area (Å²) in [6, 6.07) is -0.468. The van der Waals surface area contributed by atoms with Gasteiger partial charge in [0.15, 0.2) is 0 Å². The van der Waals surface area contributed by atoms with Gasteiger partial charge in [-0.2, -0.15) is 0 Å². The molecule has 0 aromatic rings. The third kappa shape index (κ3) is 50.9. The zero-order valence-corrected chi connectivity index (χ0v) is 48.9. The fraction of sp³-hybridized carbons (Fsp3) is 0.941. The lowest BCUT2D eigenvalue weighted by atomic mass is 10.1. The zero-order chi connectivity index (χ0) is 56.7. The lowest BCUT2D eigenvalue weighted by molar-refractivity contribution is -0.127. The van der Waals surface area contributed by atoms with Crippen LogP contribution in [-0.4, -0.2) is 265 Å². The average Bonchev–Trinajstić information content (AvgIpc) is 3.39. The quantitative estimate of drug-likeness (QED) is 0.0205. The SMILES string of the molecule is CN(C)CNC(=O)C(CCCN(CCCN)CCCN)N(CCCN)CCCN.CN(C)CNC(=O)C(CCCN(CCCN)CCCN)NCCCN.CN(C)CNC(=O)C(CCCNCCCN)NCCCN. The fourth-order valence-electron chi connectivity index (χ4n) is 7.71. The summed E-state index contributed by atoms with van der Waals surface area (Å²) >= 11 is 0. The van der Waals surface area contributed by atoms with Crippen molar-refractivity contribution < 1.29 is 14.4 Å². The van der Waals surface area contributed by atoms with Gasteiger partial charge in [-0.05, 0) is 263 Å². The first-order valence-corrected chi connectivity index (χ1v) is 28.6. The maximum absolute atomic E-state index is 12.9. The van der Waals surface area contributed by atoms with Crippen molar-refractivity contribution in [2.45, 2.75) is 114 Å². The molecule has 0 spiro atoms. The standard InChI is InChI=1S/C20H48N8O.C17H41N7O.C14H34N6O/c1-26(2)18-25-20(29)19(28(16-6-11-23)17-7-12-24)8-3-13-27(14-4-9-21)15-5-10-22;1-23(2)15-22-17(25)16(21-11-4-8-18)7-3-12-24(13-5-9-19)14-6-10-20;1-20(2)12-19-14(21)13(18-11-5-8-16)6-3-9-17-10-4-7-15/h19H,3-18,21-24H2,1-2H3,(H,25,29);16,21H,3-15,18-20H2,1-2H3,(H,22,25);13,17-18H,3-12,15-16H2,1-2H3,(H,19,21). The molecule has 0 aliphatic rings. The largest absolute Gasteiger partial charge is 0.342 e. The Morgan fingerprint density at radius 3 is 1.00 bits per heavy atom. The third-order valence-corrected chi connectivity index (χ3v) is 12.0. The van der Waals surface area contributed by atoms with Gasteiger partial charge in [-0.25, -0.2) is 0 Å². The summed E-state index contributed by atoms with van der Waals surface area (Å²) in [6.07, 6.45) is 13.8. The number of nitrogens with two attached hydrogens (primary N) is 9. The minimum atomic E-state index is -0.169. The number of nitrogens with one attached hydrogen (secondary N) is 6. The van der Waals surface area contributed by atoms with Crippen molar-refractivity contribution >= 4 is 17.7 Å². The minimum absolute atomic E-state index is 0.0567. The molecular formula is C51H123N21O3. The van der Waals surface area contributed by atoms with Crippen molar-refractivity contribution in [3.05, 3.63) is 0 Å². The number of amides is 3. The van der Waals surface area contributed by atoms with Crippen LogP contribution in [0.3, 0.4) is 0 Å². The molecule has 0 saturated carbocycles. The van der Waals surface area contributed by atoms with Crippen LogP contribution < -0.4 is 83.5 Å². The van der Waals surface area contributed by atoms with Gasteiger partial charge in [0.2, 0.25) is 17.7 Å². The van der Waals surface area contributed by atoms with Gasteiger partial charge in [0, 0.05) is 13.1 Å². The highest BCUT2D eigenvalue weighted by atomic mass is 16.2. The molecule has 450 valence electrons. The maximum Gasteiger partial charge on any atom is 0.238 e. The summed E-state index contributed by atoms with van der Waals surface area (Å²) < 4.78 is 0. The molecule has 0 aliphatic heterocycles. The Morgan fingerprint density at radius 1 is 0.347 bits per heavy atom. The Kier molecular flexibility index (Phi) is 59.3. The van der Waals surface area contributed by atoms with Gasteiger partial charge >= 0.3 is 0 Å². The Morgan fingerprint density at radius 2 is 0.640 bits per heavy atom. The summed E-state index contributed by atoms with van der Waals surface area (Å²) in [6.45, 7) is 18.6. The van der Waals surface area contributed by atoms with E-state index in [1.807, 2.05) is 57.0 Å². The van der Waals surface area contributed by atoms with E-state index in [2.05, 4.69) is 46.6 Å². The van der Waals surface area contributed by atoms with E-state index in [0.29, 0.717) is 78.9 Å². The number of nitrogens with zero attached hydrogens (tertiary/aromatic N) is 6. The number of rotatable bonds is 51. The zero-order valence-electron chi connectivity index (χ0n) is 48.9. The highest BCUT2D eigenvalue weighted by molar-refractivity contribution is 5.82. The van der Waals surface area contributed by atoms with Crippen molar-refractivity contribution in [2.75, 3.05) is 200 Å². The Balaban J connectivity index is -0.00000105. The number of carbonyl (C=O) groups excluding carboxylic acids is 3. The van der Waals surface area contributed by atoms with Gasteiger partial charge in [-0.3, -0.25) is 34.0 Å². The van der Waals surface area contributed by atoms with Crippen molar-refractivity contribution in [1.29, 1.82) is 0 Å². The predicted molar refractivity (Wildman–Crippen MR) is 316 cm³/mol. The summed E-state index contributed by atoms with van der Waals surface area (Å²) in [4.78, 5) is 50.4. The molecule has 24 nitrogen and oxygen atoms in total. The minimum Gasteiger partial charge on any atom is -0.342 e. The van der Waals surface area contributed by atoms with Crippen LogP contribution in [-0.2, 0) is 14.4 Å². The highest BCUT2D eigenvalue weighted by Gasteiger charge is 2.25. The molecule has 0 saturated heterocycles. The molecule has 0 aromatic carbocycles. The summed E-state index contributed by atoms with van der Waals surface area (Å²) in [5.41, 5.74) is 50.5. The third-order valence-electron chi connectivity index (χ3n) is 12.0. The molecule has 3 atom stereocenters. The van der Waals surface area contributed by atoms with Crippen molar-refractivity contribution in [3.63, 3.8) is 0 Å². The van der Waals surface area contributed by atoms with Crippen LogP contribution >= 0.6 is 0 Å². The molecule has 0 fully saturated rings. The monoisotopic (exact) mass is 1080 g/mol. The Bertz CT molecular complexity index is 1210. The van der Waals surface area contributed by atoms with E-state index in [4.69, 9.17) is 51.6 Å². The molecule has 0 rings (SSSR count). The fourth-order valence-corrected chi connectivity index (χ4v) is 7.71. The van der Waals surface area contributed by atoms with Crippen molar-refractivity contribution in [1.82, 2.24) is 61.3 Å². The number of hydrogen-bond donors (Lipinski definition) is 15. The van der Waals surface area contributed by atoms with E-state index in [-0.39, 0.29) is 35.8 Å². The van der Waals surface area contributed by atoms with Crippen LogP contribution in [0.4, 0.5) is 0 Å². The number of hydrogen-bond acceptors (Lipinski definition) is 21. The van der Waals surface area contributed by atoms with Crippen molar-refractivity contribution in [2.24, 2.45) is 51.6 Å². The lowest BCUT2D eigenvalue weighted by Crippen LogP contribution is -2.50. The van der Waals surface area contributed by atoms with E-state index >= 15 is 0 Å². The van der Waals surface area contributed by atoms with Gasteiger partial charge in [-0.1, -0.05) is 0 Å². The first-order chi connectivity index (χ1) is 36.2. The maximum atomic E-state index is 12.9. The second kappa shape index (κ2) is 57.9. The van der Waals surface area contributed by atoms with E-state index in [0.717, 1.165) is 175 Å². The van der Waals surface area contributed by atoms with Crippen LogP contribution in [0.1, 0.15) is 96.3 Å². The van der Waals surface area contributed by atoms with Gasteiger partial charge < -0.3 is 93.3 Å². The predicted octanol–water partition coefficient (Wildman–Crippen LogP) is -3.87. The molecule has 3 amide bonds. The first-order valence-electron chi connectivity index (χ1n) is 28.6. The molecule has 0 aliphatic carbocycles.